The lowest BCUT2D eigenvalue weighted by Gasteiger charge is -2.33. The Kier molecular flexibility index (Phi) is 8.03. The Hall–Kier alpha value is -3.81. The highest BCUT2D eigenvalue weighted by molar-refractivity contribution is 5.95. The summed E-state index contributed by atoms with van der Waals surface area (Å²) in [6.45, 7) is 1.71. The van der Waals surface area contributed by atoms with Gasteiger partial charge in [0.15, 0.2) is 5.76 Å². The van der Waals surface area contributed by atoms with Crippen molar-refractivity contribution in [3.05, 3.63) is 83.7 Å². The summed E-state index contributed by atoms with van der Waals surface area (Å²) < 4.78 is 10.6. The largest absolute Gasteiger partial charge is 0.467 e. The van der Waals surface area contributed by atoms with Crippen molar-refractivity contribution in [2.45, 2.75) is 57.7 Å². The average Bonchev–Trinajstić information content (AvgIpc) is 3.58. The van der Waals surface area contributed by atoms with E-state index in [9.17, 15) is 14.4 Å². The molecule has 0 bridgehead atoms. The van der Waals surface area contributed by atoms with Crippen LogP contribution in [0.25, 0.3) is 0 Å². The van der Waals surface area contributed by atoms with Crippen molar-refractivity contribution < 1.29 is 23.2 Å². The van der Waals surface area contributed by atoms with Crippen molar-refractivity contribution in [1.82, 2.24) is 15.5 Å². The third kappa shape index (κ3) is 6.20. The smallest absolute Gasteiger partial charge is 0.287 e. The fraction of sp³-hybridized carbons (Fsp3) is 0.370. The number of hydrogen-bond acceptors (Lipinski definition) is 5. The molecule has 35 heavy (non-hydrogen) atoms. The molecule has 2 N–H and O–H groups in total. The molecule has 2 aromatic heterocycles. The first kappa shape index (κ1) is 24.3. The zero-order chi connectivity index (χ0) is 24.6. The van der Waals surface area contributed by atoms with Crippen LogP contribution >= 0.6 is 0 Å². The van der Waals surface area contributed by atoms with E-state index < -0.39 is 17.9 Å². The Morgan fingerprint density at radius 3 is 2.40 bits per heavy atom. The molecule has 0 spiro atoms. The summed E-state index contributed by atoms with van der Waals surface area (Å²) in [5.74, 6) is -0.488. The highest BCUT2D eigenvalue weighted by Gasteiger charge is 2.34. The van der Waals surface area contributed by atoms with Gasteiger partial charge in [0, 0.05) is 6.04 Å². The van der Waals surface area contributed by atoms with Crippen LogP contribution in [0, 0.1) is 6.92 Å². The molecule has 1 aliphatic rings. The van der Waals surface area contributed by atoms with Crippen LogP contribution in [-0.4, -0.2) is 35.2 Å². The van der Waals surface area contributed by atoms with Crippen LogP contribution in [0.5, 0.6) is 0 Å². The van der Waals surface area contributed by atoms with E-state index in [0.29, 0.717) is 5.76 Å². The standard InChI is InChI=1S/C27H31N3O5/c1-19-9-5-6-13-22(19)25(27(33)29-20-10-3-2-4-11-20)30(18-21-12-7-15-34-21)24(31)17-28-26(32)23-14-8-16-35-23/h5-9,12-16,20,25H,2-4,10-11,17-18H2,1H3,(H,28,32)(H,29,33). The Bertz CT molecular complexity index is 1120. The van der Waals surface area contributed by atoms with Gasteiger partial charge in [-0.1, -0.05) is 43.5 Å². The zero-order valence-corrected chi connectivity index (χ0v) is 19.9. The van der Waals surface area contributed by atoms with Crippen molar-refractivity contribution in [3.8, 4) is 0 Å². The summed E-state index contributed by atoms with van der Waals surface area (Å²) >= 11 is 0. The molecule has 1 saturated carbocycles. The third-order valence-electron chi connectivity index (χ3n) is 6.37. The normalized spacial score (nSPS) is 14.8. The maximum absolute atomic E-state index is 13.7. The molecule has 1 unspecified atom stereocenters. The Balaban J connectivity index is 1.62. The topological polar surface area (TPSA) is 105 Å². The first-order chi connectivity index (χ1) is 17.0. The van der Waals surface area contributed by atoms with E-state index in [1.807, 2.05) is 31.2 Å². The van der Waals surface area contributed by atoms with E-state index in [1.54, 1.807) is 18.2 Å². The van der Waals surface area contributed by atoms with Gasteiger partial charge < -0.3 is 24.4 Å². The van der Waals surface area contributed by atoms with Gasteiger partial charge in [0.05, 0.1) is 25.6 Å². The lowest BCUT2D eigenvalue weighted by Crippen LogP contribution is -2.49. The van der Waals surface area contributed by atoms with Gasteiger partial charge in [0.2, 0.25) is 11.8 Å². The Morgan fingerprint density at radius 2 is 1.71 bits per heavy atom. The lowest BCUT2D eigenvalue weighted by atomic mass is 9.94. The molecule has 2 heterocycles. The van der Waals surface area contributed by atoms with Crippen molar-refractivity contribution in [2.24, 2.45) is 0 Å². The van der Waals surface area contributed by atoms with Crippen molar-refractivity contribution in [1.29, 1.82) is 0 Å². The van der Waals surface area contributed by atoms with Crippen LogP contribution < -0.4 is 10.6 Å². The fourth-order valence-electron chi connectivity index (χ4n) is 4.52. The second-order valence-corrected chi connectivity index (χ2v) is 8.86. The van der Waals surface area contributed by atoms with Gasteiger partial charge in [-0.25, -0.2) is 0 Å². The molecule has 0 radical (unpaired) electrons. The number of aryl methyl sites for hydroxylation is 1. The number of carbonyl (C=O) groups excluding carboxylic acids is 3. The number of nitrogens with zero attached hydrogens (tertiary/aromatic N) is 1. The van der Waals surface area contributed by atoms with E-state index in [2.05, 4.69) is 10.6 Å². The van der Waals surface area contributed by atoms with Gasteiger partial charge in [-0.15, -0.1) is 0 Å². The van der Waals surface area contributed by atoms with E-state index in [0.717, 1.165) is 36.8 Å². The van der Waals surface area contributed by atoms with Crippen molar-refractivity contribution in [2.75, 3.05) is 6.54 Å². The van der Waals surface area contributed by atoms with E-state index in [-0.39, 0.29) is 30.8 Å². The van der Waals surface area contributed by atoms with Crippen molar-refractivity contribution >= 4 is 17.7 Å². The first-order valence-corrected chi connectivity index (χ1v) is 12.0. The van der Waals surface area contributed by atoms with Crippen LogP contribution in [0.4, 0.5) is 0 Å². The molecular formula is C27H31N3O5. The summed E-state index contributed by atoms with van der Waals surface area (Å²) in [6.07, 6.45) is 8.11. The lowest BCUT2D eigenvalue weighted by molar-refractivity contribution is -0.141. The molecule has 0 saturated heterocycles. The highest BCUT2D eigenvalue weighted by Crippen LogP contribution is 2.28. The second-order valence-electron chi connectivity index (χ2n) is 8.86. The predicted molar refractivity (Wildman–Crippen MR) is 129 cm³/mol. The van der Waals surface area contributed by atoms with Gasteiger partial charge >= 0.3 is 0 Å². The van der Waals surface area contributed by atoms with E-state index in [4.69, 9.17) is 8.83 Å². The number of furan rings is 2. The minimum atomic E-state index is -0.878. The number of benzene rings is 1. The summed E-state index contributed by atoms with van der Waals surface area (Å²) in [6, 6.07) is 13.4. The SMILES string of the molecule is Cc1ccccc1C(C(=O)NC1CCCCC1)N(Cc1ccco1)C(=O)CNC(=O)c1ccco1. The number of amides is 3. The van der Waals surface area contributed by atoms with Crippen LogP contribution in [0.15, 0.2) is 69.9 Å². The quantitative estimate of drug-likeness (QED) is 0.482. The van der Waals surface area contributed by atoms with Crippen LogP contribution in [0.3, 0.4) is 0 Å². The minimum absolute atomic E-state index is 0.0829. The molecular weight excluding hydrogens is 446 g/mol. The van der Waals surface area contributed by atoms with E-state index in [1.165, 1.54) is 29.9 Å². The third-order valence-corrected chi connectivity index (χ3v) is 6.37. The van der Waals surface area contributed by atoms with Gasteiger partial charge in [-0.2, -0.15) is 0 Å². The highest BCUT2D eigenvalue weighted by atomic mass is 16.3. The average molecular weight is 478 g/mol. The number of carbonyl (C=O) groups is 3. The van der Waals surface area contributed by atoms with Crippen molar-refractivity contribution in [3.63, 3.8) is 0 Å². The fourth-order valence-corrected chi connectivity index (χ4v) is 4.52. The Morgan fingerprint density at radius 1 is 0.971 bits per heavy atom. The van der Waals surface area contributed by atoms with Gasteiger partial charge in [-0.3, -0.25) is 14.4 Å². The molecule has 0 aliphatic heterocycles. The molecule has 184 valence electrons. The number of nitrogens with one attached hydrogen (secondary N) is 2. The summed E-state index contributed by atoms with van der Waals surface area (Å²) in [7, 11) is 0. The molecule has 3 amide bonds. The van der Waals surface area contributed by atoms with Gasteiger partial charge in [-0.05, 0) is 55.2 Å². The summed E-state index contributed by atoms with van der Waals surface area (Å²) in [4.78, 5) is 41.1. The molecule has 4 rings (SSSR count). The van der Waals surface area contributed by atoms with Crippen LogP contribution in [0.2, 0.25) is 0 Å². The summed E-state index contributed by atoms with van der Waals surface area (Å²) in [5.41, 5.74) is 1.63. The molecule has 8 nitrogen and oxygen atoms in total. The van der Waals surface area contributed by atoms with Gasteiger partial charge in [0.25, 0.3) is 5.91 Å². The van der Waals surface area contributed by atoms with Crippen LogP contribution in [-0.2, 0) is 16.1 Å². The molecule has 1 aliphatic carbocycles. The second kappa shape index (κ2) is 11.6. The molecule has 1 aromatic carbocycles. The van der Waals surface area contributed by atoms with Crippen LogP contribution in [0.1, 0.15) is 65.6 Å². The molecule has 3 aromatic rings. The maximum atomic E-state index is 13.7. The molecule has 1 fully saturated rings. The van der Waals surface area contributed by atoms with Gasteiger partial charge in [0.1, 0.15) is 11.8 Å². The molecule has 1 atom stereocenters. The Labute approximate surface area is 204 Å². The predicted octanol–water partition coefficient (Wildman–Crippen LogP) is 4.13. The zero-order valence-electron chi connectivity index (χ0n) is 19.9. The number of rotatable bonds is 9. The summed E-state index contributed by atoms with van der Waals surface area (Å²) in [5, 5.41) is 5.78. The number of hydrogen-bond donors (Lipinski definition) is 2. The monoisotopic (exact) mass is 477 g/mol. The minimum Gasteiger partial charge on any atom is -0.467 e. The van der Waals surface area contributed by atoms with E-state index >= 15 is 0 Å². The first-order valence-electron chi connectivity index (χ1n) is 12.0. The maximum Gasteiger partial charge on any atom is 0.287 e. The molecule has 8 heteroatoms.